The maximum absolute atomic E-state index is 13.1. The molecule has 1 aromatic heterocycles. The number of carbonyl (C=O) groups excluding carboxylic acids is 4. The maximum atomic E-state index is 13.1. The van der Waals surface area contributed by atoms with E-state index < -0.39 is 23.8 Å². The first-order chi connectivity index (χ1) is 15.0. The number of carbonyl (C=O) groups is 4. The highest BCUT2D eigenvalue weighted by Crippen LogP contribution is 2.30. The van der Waals surface area contributed by atoms with Crippen LogP contribution in [0.1, 0.15) is 54.7 Å². The van der Waals surface area contributed by atoms with Gasteiger partial charge in [-0.25, -0.2) is 4.98 Å². The van der Waals surface area contributed by atoms with Crippen molar-refractivity contribution in [2.75, 3.05) is 6.54 Å². The Hall–Kier alpha value is -2.95. The van der Waals surface area contributed by atoms with E-state index in [9.17, 15) is 19.2 Å². The second-order valence-electron chi connectivity index (χ2n) is 7.79. The first-order valence-electron chi connectivity index (χ1n) is 10.3. The Kier molecular flexibility index (Phi) is 5.12. The highest BCUT2D eigenvalue weighted by Gasteiger charge is 2.45. The maximum Gasteiger partial charge on any atom is 0.262 e. The number of fused-ring (bicyclic) bond motifs is 2. The van der Waals surface area contributed by atoms with Gasteiger partial charge in [-0.3, -0.25) is 29.4 Å². The van der Waals surface area contributed by atoms with Crippen LogP contribution in [-0.4, -0.2) is 46.1 Å². The molecule has 3 N–H and O–H groups in total. The number of thiazole rings is 1. The molecule has 31 heavy (non-hydrogen) atoms. The SMILES string of the molecule is O=C1CCC(N2C(=O)c3cccc(CNCc4nc5c(s4)CNCC5)c3C2=O)C(=O)N1. The fourth-order valence-corrected chi connectivity index (χ4v) is 5.35. The molecule has 4 heterocycles. The van der Waals surface area contributed by atoms with Crippen LogP contribution >= 0.6 is 11.3 Å². The van der Waals surface area contributed by atoms with Gasteiger partial charge < -0.3 is 10.6 Å². The van der Waals surface area contributed by atoms with E-state index in [1.54, 1.807) is 23.5 Å². The molecule has 1 atom stereocenters. The van der Waals surface area contributed by atoms with E-state index in [0.717, 1.165) is 35.1 Å². The van der Waals surface area contributed by atoms with Crippen LogP contribution in [0.25, 0.3) is 0 Å². The second kappa shape index (κ2) is 7.95. The van der Waals surface area contributed by atoms with Gasteiger partial charge in [0, 0.05) is 43.9 Å². The number of hydrogen-bond donors (Lipinski definition) is 3. The van der Waals surface area contributed by atoms with Crippen molar-refractivity contribution in [3.8, 4) is 0 Å². The summed E-state index contributed by atoms with van der Waals surface area (Å²) in [6.45, 7) is 2.76. The Balaban J connectivity index is 1.31. The molecule has 3 aliphatic heterocycles. The first-order valence-corrected chi connectivity index (χ1v) is 11.1. The minimum atomic E-state index is -0.957. The summed E-state index contributed by atoms with van der Waals surface area (Å²) in [7, 11) is 0. The highest BCUT2D eigenvalue weighted by atomic mass is 32.1. The number of amides is 4. The summed E-state index contributed by atoms with van der Waals surface area (Å²) in [5, 5.41) is 9.87. The average molecular weight is 439 g/mol. The number of aromatic nitrogens is 1. The molecule has 10 heteroatoms. The Morgan fingerprint density at radius 3 is 2.81 bits per heavy atom. The zero-order chi connectivity index (χ0) is 21.5. The van der Waals surface area contributed by atoms with Gasteiger partial charge in [0.05, 0.1) is 16.8 Å². The molecule has 0 aliphatic carbocycles. The van der Waals surface area contributed by atoms with E-state index in [1.807, 2.05) is 6.07 Å². The Bertz CT molecular complexity index is 1090. The third kappa shape index (κ3) is 3.56. The van der Waals surface area contributed by atoms with E-state index in [0.29, 0.717) is 29.8 Å². The summed E-state index contributed by atoms with van der Waals surface area (Å²) in [6.07, 6.45) is 1.18. The molecule has 1 saturated heterocycles. The lowest BCUT2D eigenvalue weighted by Crippen LogP contribution is -2.54. The Morgan fingerprint density at radius 1 is 1.13 bits per heavy atom. The highest BCUT2D eigenvalue weighted by molar-refractivity contribution is 7.11. The standard InChI is InChI=1S/C21H21N5O4S/c27-16-5-4-14(19(28)25-16)26-20(29)12-3-1-2-11(18(12)21(26)30)8-23-10-17-24-13-6-7-22-9-15(13)31-17/h1-3,14,22-23H,4-10H2,(H,25,27,28). The monoisotopic (exact) mass is 439 g/mol. The van der Waals surface area contributed by atoms with Crippen LogP contribution in [0.4, 0.5) is 0 Å². The summed E-state index contributed by atoms with van der Waals surface area (Å²) in [5.74, 6) is -1.96. The summed E-state index contributed by atoms with van der Waals surface area (Å²) in [6, 6.07) is 4.19. The molecule has 4 amide bonds. The van der Waals surface area contributed by atoms with Gasteiger partial charge in [0.25, 0.3) is 11.8 Å². The summed E-state index contributed by atoms with van der Waals surface area (Å²) < 4.78 is 0. The number of nitrogens with zero attached hydrogens (tertiary/aromatic N) is 2. The van der Waals surface area contributed by atoms with Crippen LogP contribution in [0.3, 0.4) is 0 Å². The van der Waals surface area contributed by atoms with E-state index >= 15 is 0 Å². The number of benzene rings is 1. The molecule has 5 rings (SSSR count). The predicted molar refractivity (Wildman–Crippen MR) is 111 cm³/mol. The molecule has 0 bridgehead atoms. The third-order valence-electron chi connectivity index (χ3n) is 5.79. The molecule has 160 valence electrons. The minimum Gasteiger partial charge on any atom is -0.311 e. The van der Waals surface area contributed by atoms with Gasteiger partial charge in [0.15, 0.2) is 0 Å². The predicted octanol–water partition coefficient (Wildman–Crippen LogP) is 0.480. The lowest BCUT2D eigenvalue weighted by Gasteiger charge is -2.27. The molecule has 9 nitrogen and oxygen atoms in total. The van der Waals surface area contributed by atoms with E-state index in [-0.39, 0.29) is 18.7 Å². The fourth-order valence-electron chi connectivity index (χ4n) is 4.29. The number of piperidine rings is 1. The number of nitrogens with one attached hydrogen (secondary N) is 3. The molecule has 1 unspecified atom stereocenters. The second-order valence-corrected chi connectivity index (χ2v) is 8.96. The van der Waals surface area contributed by atoms with Gasteiger partial charge in [-0.15, -0.1) is 11.3 Å². The van der Waals surface area contributed by atoms with Crippen molar-refractivity contribution in [1.82, 2.24) is 25.8 Å². The lowest BCUT2D eigenvalue weighted by molar-refractivity contribution is -0.136. The fraction of sp³-hybridized carbons (Fsp3) is 0.381. The average Bonchev–Trinajstić information content (AvgIpc) is 3.28. The van der Waals surface area contributed by atoms with Crippen LogP contribution in [0.2, 0.25) is 0 Å². The van der Waals surface area contributed by atoms with Crippen molar-refractivity contribution >= 4 is 35.0 Å². The molecular weight excluding hydrogens is 418 g/mol. The third-order valence-corrected chi connectivity index (χ3v) is 6.89. The minimum absolute atomic E-state index is 0.103. The zero-order valence-corrected chi connectivity index (χ0v) is 17.5. The Morgan fingerprint density at radius 2 is 2.00 bits per heavy atom. The van der Waals surface area contributed by atoms with Crippen LogP contribution in [0.15, 0.2) is 18.2 Å². The number of imide groups is 2. The van der Waals surface area contributed by atoms with E-state index in [2.05, 4.69) is 20.9 Å². The lowest BCUT2D eigenvalue weighted by atomic mass is 10.0. The van der Waals surface area contributed by atoms with Crippen molar-refractivity contribution < 1.29 is 19.2 Å². The number of rotatable bonds is 5. The quantitative estimate of drug-likeness (QED) is 0.580. The van der Waals surface area contributed by atoms with Crippen molar-refractivity contribution in [2.24, 2.45) is 0 Å². The van der Waals surface area contributed by atoms with Gasteiger partial charge in [-0.1, -0.05) is 12.1 Å². The zero-order valence-electron chi connectivity index (χ0n) is 16.7. The summed E-state index contributed by atoms with van der Waals surface area (Å²) in [4.78, 5) is 56.6. The molecule has 1 fully saturated rings. The summed E-state index contributed by atoms with van der Waals surface area (Å²) >= 11 is 1.68. The molecule has 0 saturated carbocycles. The Labute approximate surface area is 182 Å². The van der Waals surface area contributed by atoms with Crippen LogP contribution in [0, 0.1) is 0 Å². The van der Waals surface area contributed by atoms with Gasteiger partial charge in [0.2, 0.25) is 11.8 Å². The first kappa shape index (κ1) is 20.0. The molecule has 0 spiro atoms. The van der Waals surface area contributed by atoms with Crippen molar-refractivity contribution in [2.45, 2.75) is 44.9 Å². The van der Waals surface area contributed by atoms with E-state index in [4.69, 9.17) is 0 Å². The van der Waals surface area contributed by atoms with Crippen molar-refractivity contribution in [1.29, 1.82) is 0 Å². The van der Waals surface area contributed by atoms with Crippen LogP contribution in [-0.2, 0) is 35.6 Å². The van der Waals surface area contributed by atoms with Crippen LogP contribution in [0.5, 0.6) is 0 Å². The molecular formula is C21H21N5O4S. The van der Waals surface area contributed by atoms with Gasteiger partial charge in [-0.2, -0.15) is 0 Å². The molecule has 2 aromatic rings. The molecule has 0 radical (unpaired) electrons. The van der Waals surface area contributed by atoms with Gasteiger partial charge in [-0.05, 0) is 18.1 Å². The topological polar surface area (TPSA) is 120 Å². The van der Waals surface area contributed by atoms with E-state index in [1.165, 1.54) is 4.88 Å². The van der Waals surface area contributed by atoms with Gasteiger partial charge in [0.1, 0.15) is 11.0 Å². The normalized spacial score (nSPS) is 20.6. The molecule has 1 aromatic carbocycles. The summed E-state index contributed by atoms with van der Waals surface area (Å²) in [5.41, 5.74) is 2.48. The van der Waals surface area contributed by atoms with Crippen LogP contribution < -0.4 is 16.0 Å². The van der Waals surface area contributed by atoms with Gasteiger partial charge >= 0.3 is 0 Å². The number of hydrogen-bond acceptors (Lipinski definition) is 8. The molecule has 3 aliphatic rings. The smallest absolute Gasteiger partial charge is 0.262 e. The largest absolute Gasteiger partial charge is 0.311 e. The van der Waals surface area contributed by atoms with Crippen molar-refractivity contribution in [3.05, 3.63) is 50.5 Å². The van der Waals surface area contributed by atoms with Crippen molar-refractivity contribution in [3.63, 3.8) is 0 Å².